The number of aromatic nitrogens is 2. The summed E-state index contributed by atoms with van der Waals surface area (Å²) in [5.74, 6) is -1.17. The highest BCUT2D eigenvalue weighted by Gasteiger charge is 2.06. The molecule has 1 aromatic carbocycles. The van der Waals surface area contributed by atoms with Crippen LogP contribution >= 0.6 is 0 Å². The Kier molecular flexibility index (Phi) is 3.08. The van der Waals surface area contributed by atoms with Crippen molar-refractivity contribution in [1.29, 1.82) is 0 Å². The molecule has 17 heavy (non-hydrogen) atoms. The van der Waals surface area contributed by atoms with Crippen LogP contribution in [0.5, 0.6) is 0 Å². The molecule has 0 atom stereocenters. The molecular weight excluding hydrogens is 224 g/mol. The second-order valence-corrected chi connectivity index (χ2v) is 3.86. The first-order valence-electron chi connectivity index (χ1n) is 5.24. The molecule has 0 saturated heterocycles. The van der Waals surface area contributed by atoms with Crippen LogP contribution in [-0.4, -0.2) is 9.78 Å². The molecule has 0 fully saturated rings. The van der Waals surface area contributed by atoms with Crippen molar-refractivity contribution in [3.8, 4) is 0 Å². The molecule has 1 heterocycles. The molecule has 0 bridgehead atoms. The maximum Gasteiger partial charge on any atom is 0.149 e. The van der Waals surface area contributed by atoms with Crippen molar-refractivity contribution in [2.75, 3.05) is 5.32 Å². The molecule has 2 rings (SSSR count). The summed E-state index contributed by atoms with van der Waals surface area (Å²) in [5, 5.41) is 7.00. The molecule has 0 unspecified atom stereocenters. The van der Waals surface area contributed by atoms with Gasteiger partial charge in [0, 0.05) is 30.9 Å². The number of nitrogens with zero attached hydrogens (tertiary/aromatic N) is 2. The van der Waals surface area contributed by atoms with E-state index in [9.17, 15) is 8.78 Å². The highest BCUT2D eigenvalue weighted by molar-refractivity contribution is 5.45. The van der Waals surface area contributed by atoms with Crippen LogP contribution in [0.4, 0.5) is 14.5 Å². The van der Waals surface area contributed by atoms with Crippen molar-refractivity contribution in [1.82, 2.24) is 9.78 Å². The first-order chi connectivity index (χ1) is 8.08. The average Bonchev–Trinajstić information content (AvgIpc) is 2.59. The van der Waals surface area contributed by atoms with E-state index < -0.39 is 11.6 Å². The summed E-state index contributed by atoms with van der Waals surface area (Å²) in [5.41, 5.74) is 2.28. The number of anilines is 1. The van der Waals surface area contributed by atoms with Crippen molar-refractivity contribution in [3.63, 3.8) is 0 Å². The van der Waals surface area contributed by atoms with Crippen molar-refractivity contribution in [2.45, 2.75) is 13.5 Å². The van der Waals surface area contributed by atoms with Gasteiger partial charge in [0.15, 0.2) is 0 Å². The van der Waals surface area contributed by atoms with Crippen molar-refractivity contribution < 1.29 is 8.78 Å². The quantitative estimate of drug-likeness (QED) is 0.889. The first-order valence-corrected chi connectivity index (χ1v) is 5.24. The number of halogens is 2. The Balaban J connectivity index is 2.10. The van der Waals surface area contributed by atoms with E-state index in [1.165, 1.54) is 12.1 Å². The second kappa shape index (κ2) is 4.53. The van der Waals surface area contributed by atoms with Gasteiger partial charge < -0.3 is 5.32 Å². The fraction of sp³-hybridized carbons (Fsp3) is 0.250. The van der Waals surface area contributed by atoms with Gasteiger partial charge in [-0.2, -0.15) is 5.10 Å². The Labute approximate surface area is 98.1 Å². The number of hydrogen-bond acceptors (Lipinski definition) is 2. The predicted molar refractivity (Wildman–Crippen MR) is 61.6 cm³/mol. The number of nitrogens with one attached hydrogen (secondary N) is 1. The molecule has 5 heteroatoms. The lowest BCUT2D eigenvalue weighted by Gasteiger charge is -2.07. The Morgan fingerprint density at radius 2 is 2.12 bits per heavy atom. The minimum atomic E-state index is -0.591. The third-order valence-electron chi connectivity index (χ3n) is 2.74. The van der Waals surface area contributed by atoms with E-state index in [0.29, 0.717) is 6.54 Å². The molecule has 0 saturated carbocycles. The van der Waals surface area contributed by atoms with Crippen LogP contribution in [0.2, 0.25) is 0 Å². The van der Waals surface area contributed by atoms with Gasteiger partial charge in [-0.25, -0.2) is 8.78 Å². The van der Waals surface area contributed by atoms with E-state index in [1.54, 1.807) is 10.9 Å². The highest BCUT2D eigenvalue weighted by Crippen LogP contribution is 2.16. The monoisotopic (exact) mass is 237 g/mol. The van der Waals surface area contributed by atoms with Crippen LogP contribution in [0.1, 0.15) is 11.3 Å². The predicted octanol–water partition coefficient (Wildman–Crippen LogP) is 2.62. The van der Waals surface area contributed by atoms with Gasteiger partial charge in [-0.05, 0) is 19.1 Å². The normalized spacial score (nSPS) is 10.6. The van der Waals surface area contributed by atoms with Crippen LogP contribution in [-0.2, 0) is 13.6 Å². The second-order valence-electron chi connectivity index (χ2n) is 3.86. The van der Waals surface area contributed by atoms with Crippen LogP contribution in [0.3, 0.4) is 0 Å². The van der Waals surface area contributed by atoms with Gasteiger partial charge in [0.05, 0.1) is 11.9 Å². The van der Waals surface area contributed by atoms with Gasteiger partial charge in [-0.3, -0.25) is 4.68 Å². The molecule has 0 aliphatic heterocycles. The van der Waals surface area contributed by atoms with Gasteiger partial charge in [0.1, 0.15) is 11.6 Å². The van der Waals surface area contributed by atoms with E-state index in [2.05, 4.69) is 10.4 Å². The van der Waals surface area contributed by atoms with Gasteiger partial charge in [0.25, 0.3) is 0 Å². The average molecular weight is 237 g/mol. The number of aryl methyl sites for hydroxylation is 1. The molecule has 0 radical (unpaired) electrons. The standard InChI is InChI=1S/C12H13F2N3/c1-8-9(7-16-17(8)2)6-15-12-4-3-10(13)5-11(12)14/h3-5,7,15H,6H2,1-2H3. The Hall–Kier alpha value is -1.91. The van der Waals surface area contributed by atoms with Crippen LogP contribution in [0, 0.1) is 18.6 Å². The summed E-state index contributed by atoms with van der Waals surface area (Å²) in [7, 11) is 1.84. The van der Waals surface area contributed by atoms with Crippen molar-refractivity contribution in [2.24, 2.45) is 7.05 Å². The lowest BCUT2D eigenvalue weighted by Crippen LogP contribution is -2.03. The summed E-state index contributed by atoms with van der Waals surface area (Å²) < 4.78 is 27.8. The lowest BCUT2D eigenvalue weighted by atomic mass is 10.2. The molecule has 90 valence electrons. The van der Waals surface area contributed by atoms with Gasteiger partial charge in [0.2, 0.25) is 0 Å². The summed E-state index contributed by atoms with van der Waals surface area (Å²) in [6, 6.07) is 3.47. The molecule has 2 aromatic rings. The fourth-order valence-corrected chi connectivity index (χ4v) is 1.54. The summed E-state index contributed by atoms with van der Waals surface area (Å²) in [4.78, 5) is 0. The van der Waals surface area contributed by atoms with E-state index in [1.807, 2.05) is 14.0 Å². The largest absolute Gasteiger partial charge is 0.378 e. The number of benzene rings is 1. The summed E-state index contributed by atoms with van der Waals surface area (Å²) >= 11 is 0. The Morgan fingerprint density at radius 3 is 2.71 bits per heavy atom. The van der Waals surface area contributed by atoms with Gasteiger partial charge in [-0.15, -0.1) is 0 Å². The number of hydrogen-bond donors (Lipinski definition) is 1. The smallest absolute Gasteiger partial charge is 0.149 e. The Morgan fingerprint density at radius 1 is 1.35 bits per heavy atom. The number of rotatable bonds is 3. The summed E-state index contributed by atoms with van der Waals surface area (Å²) in [6.45, 7) is 2.40. The molecular formula is C12H13F2N3. The zero-order chi connectivity index (χ0) is 12.4. The first kappa shape index (κ1) is 11.6. The van der Waals surface area contributed by atoms with Crippen LogP contribution in [0.25, 0.3) is 0 Å². The minimum absolute atomic E-state index is 0.287. The molecule has 1 N–H and O–H groups in total. The van der Waals surface area contributed by atoms with Crippen molar-refractivity contribution in [3.05, 3.63) is 47.3 Å². The van der Waals surface area contributed by atoms with Gasteiger partial charge >= 0.3 is 0 Å². The third-order valence-corrected chi connectivity index (χ3v) is 2.74. The topological polar surface area (TPSA) is 29.9 Å². The van der Waals surface area contributed by atoms with Gasteiger partial charge in [-0.1, -0.05) is 0 Å². The molecule has 1 aromatic heterocycles. The summed E-state index contributed by atoms with van der Waals surface area (Å²) in [6.07, 6.45) is 1.73. The van der Waals surface area contributed by atoms with E-state index >= 15 is 0 Å². The fourth-order valence-electron chi connectivity index (χ4n) is 1.54. The highest BCUT2D eigenvalue weighted by atomic mass is 19.1. The van der Waals surface area contributed by atoms with Crippen molar-refractivity contribution >= 4 is 5.69 Å². The zero-order valence-corrected chi connectivity index (χ0v) is 9.67. The maximum absolute atomic E-state index is 13.3. The SMILES string of the molecule is Cc1c(CNc2ccc(F)cc2F)cnn1C. The maximum atomic E-state index is 13.3. The van der Waals surface area contributed by atoms with E-state index in [4.69, 9.17) is 0 Å². The molecule has 0 aliphatic carbocycles. The molecule has 3 nitrogen and oxygen atoms in total. The lowest BCUT2D eigenvalue weighted by molar-refractivity contribution is 0.585. The minimum Gasteiger partial charge on any atom is -0.378 e. The van der Waals surface area contributed by atoms with E-state index in [0.717, 1.165) is 17.3 Å². The van der Waals surface area contributed by atoms with Crippen LogP contribution < -0.4 is 5.32 Å². The van der Waals surface area contributed by atoms with E-state index in [-0.39, 0.29) is 5.69 Å². The zero-order valence-electron chi connectivity index (χ0n) is 9.67. The molecule has 0 amide bonds. The molecule has 0 aliphatic rings. The van der Waals surface area contributed by atoms with Crippen LogP contribution in [0.15, 0.2) is 24.4 Å². The third kappa shape index (κ3) is 2.43. The molecule has 0 spiro atoms. The Bertz CT molecular complexity index is 535.